The SMILES string of the molecule is CC(=O)c1[nH]nc2nc(C)nc(OCc3ccccc3)c12. The quantitative estimate of drug-likeness (QED) is 0.743. The largest absolute Gasteiger partial charge is 0.472 e. The van der Waals surface area contributed by atoms with Crippen molar-refractivity contribution in [2.75, 3.05) is 0 Å². The minimum atomic E-state index is -0.130. The highest BCUT2D eigenvalue weighted by molar-refractivity contribution is 6.05. The molecule has 0 saturated carbocycles. The normalized spacial score (nSPS) is 10.8. The number of ether oxygens (including phenoxy) is 1. The molecule has 0 amide bonds. The lowest BCUT2D eigenvalue weighted by Gasteiger charge is -2.07. The number of nitrogens with one attached hydrogen (secondary N) is 1. The highest BCUT2D eigenvalue weighted by Gasteiger charge is 2.18. The van der Waals surface area contributed by atoms with Crippen molar-refractivity contribution in [3.8, 4) is 5.88 Å². The van der Waals surface area contributed by atoms with Gasteiger partial charge in [-0.15, -0.1) is 0 Å². The molecule has 3 rings (SSSR count). The molecule has 1 N–H and O–H groups in total. The molecule has 0 saturated heterocycles. The number of fused-ring (bicyclic) bond motifs is 1. The third-order valence-electron chi connectivity index (χ3n) is 3.06. The molecule has 0 spiro atoms. The lowest BCUT2D eigenvalue weighted by molar-refractivity contribution is 0.101. The number of benzene rings is 1. The fourth-order valence-electron chi connectivity index (χ4n) is 2.08. The molecule has 0 radical (unpaired) electrons. The van der Waals surface area contributed by atoms with Gasteiger partial charge in [-0.1, -0.05) is 30.3 Å². The Balaban J connectivity index is 2.00. The van der Waals surface area contributed by atoms with Gasteiger partial charge in [-0.25, -0.2) is 4.98 Å². The highest BCUT2D eigenvalue weighted by atomic mass is 16.5. The van der Waals surface area contributed by atoms with E-state index in [2.05, 4.69) is 20.2 Å². The number of H-pyrrole nitrogens is 1. The molecule has 0 aliphatic rings. The van der Waals surface area contributed by atoms with Crippen LogP contribution in [0.4, 0.5) is 0 Å². The van der Waals surface area contributed by atoms with Crippen LogP contribution in [0.3, 0.4) is 0 Å². The van der Waals surface area contributed by atoms with E-state index in [-0.39, 0.29) is 5.78 Å². The number of rotatable bonds is 4. The maximum Gasteiger partial charge on any atom is 0.229 e. The second-order valence-electron chi connectivity index (χ2n) is 4.70. The van der Waals surface area contributed by atoms with E-state index in [4.69, 9.17) is 4.74 Å². The van der Waals surface area contributed by atoms with Gasteiger partial charge < -0.3 is 4.74 Å². The summed E-state index contributed by atoms with van der Waals surface area (Å²) >= 11 is 0. The van der Waals surface area contributed by atoms with Crippen LogP contribution in [0.1, 0.15) is 28.8 Å². The van der Waals surface area contributed by atoms with Gasteiger partial charge in [0.1, 0.15) is 23.5 Å². The molecule has 21 heavy (non-hydrogen) atoms. The summed E-state index contributed by atoms with van der Waals surface area (Å²) in [5, 5.41) is 7.27. The topological polar surface area (TPSA) is 80.8 Å². The Morgan fingerprint density at radius 3 is 2.71 bits per heavy atom. The van der Waals surface area contributed by atoms with Crippen LogP contribution < -0.4 is 4.74 Å². The molecule has 2 heterocycles. The number of hydrogen-bond donors (Lipinski definition) is 1. The Morgan fingerprint density at radius 2 is 2.00 bits per heavy atom. The monoisotopic (exact) mass is 282 g/mol. The van der Waals surface area contributed by atoms with Gasteiger partial charge in [0.2, 0.25) is 5.88 Å². The Bertz CT molecular complexity index is 796. The van der Waals surface area contributed by atoms with E-state index in [1.807, 2.05) is 30.3 Å². The zero-order valence-electron chi connectivity index (χ0n) is 11.8. The van der Waals surface area contributed by atoms with Crippen molar-refractivity contribution in [1.29, 1.82) is 0 Å². The van der Waals surface area contributed by atoms with Crippen molar-refractivity contribution in [3.63, 3.8) is 0 Å². The van der Waals surface area contributed by atoms with Gasteiger partial charge in [-0.3, -0.25) is 9.89 Å². The van der Waals surface area contributed by atoms with Crippen molar-refractivity contribution in [2.24, 2.45) is 0 Å². The van der Waals surface area contributed by atoms with Gasteiger partial charge in [-0.2, -0.15) is 10.1 Å². The van der Waals surface area contributed by atoms with Crippen molar-refractivity contribution < 1.29 is 9.53 Å². The second-order valence-corrected chi connectivity index (χ2v) is 4.70. The maximum absolute atomic E-state index is 11.6. The molecule has 0 unspecified atom stereocenters. The first kappa shape index (κ1) is 13.2. The zero-order valence-corrected chi connectivity index (χ0v) is 11.8. The van der Waals surface area contributed by atoms with Crippen LogP contribution in [0.25, 0.3) is 11.0 Å². The van der Waals surface area contributed by atoms with Gasteiger partial charge in [0, 0.05) is 6.92 Å². The number of aromatic amines is 1. The van der Waals surface area contributed by atoms with Crippen LogP contribution in [0.5, 0.6) is 5.88 Å². The van der Waals surface area contributed by atoms with Gasteiger partial charge in [-0.05, 0) is 12.5 Å². The van der Waals surface area contributed by atoms with E-state index in [1.54, 1.807) is 6.92 Å². The smallest absolute Gasteiger partial charge is 0.229 e. The minimum absolute atomic E-state index is 0.130. The maximum atomic E-state index is 11.6. The Hall–Kier alpha value is -2.76. The fourth-order valence-corrected chi connectivity index (χ4v) is 2.08. The van der Waals surface area contributed by atoms with E-state index < -0.39 is 0 Å². The lowest BCUT2D eigenvalue weighted by Crippen LogP contribution is -2.02. The van der Waals surface area contributed by atoms with Gasteiger partial charge in [0.05, 0.1) is 0 Å². The lowest BCUT2D eigenvalue weighted by atomic mass is 10.2. The number of nitrogens with zero attached hydrogens (tertiary/aromatic N) is 3. The summed E-state index contributed by atoms with van der Waals surface area (Å²) in [6.45, 7) is 3.60. The molecule has 0 aliphatic heterocycles. The Labute approximate surface area is 121 Å². The number of carbonyl (C=O) groups is 1. The number of hydrogen-bond acceptors (Lipinski definition) is 5. The predicted molar refractivity (Wildman–Crippen MR) is 77.2 cm³/mol. The third-order valence-corrected chi connectivity index (χ3v) is 3.06. The predicted octanol–water partition coefficient (Wildman–Crippen LogP) is 2.44. The van der Waals surface area contributed by atoms with Gasteiger partial charge in [0.25, 0.3) is 0 Å². The highest BCUT2D eigenvalue weighted by Crippen LogP contribution is 2.25. The van der Waals surface area contributed by atoms with E-state index in [1.165, 1.54) is 6.92 Å². The molecule has 0 aliphatic carbocycles. The van der Waals surface area contributed by atoms with E-state index in [0.29, 0.717) is 35.0 Å². The average Bonchev–Trinajstić information content (AvgIpc) is 2.89. The molecule has 1 aromatic carbocycles. The summed E-state index contributed by atoms with van der Waals surface area (Å²) in [4.78, 5) is 20.1. The van der Waals surface area contributed by atoms with E-state index >= 15 is 0 Å². The molecule has 6 heteroatoms. The molecular weight excluding hydrogens is 268 g/mol. The third kappa shape index (κ3) is 2.60. The summed E-state index contributed by atoms with van der Waals surface area (Å²) in [6.07, 6.45) is 0. The summed E-state index contributed by atoms with van der Waals surface area (Å²) in [5.41, 5.74) is 1.83. The first-order valence-corrected chi connectivity index (χ1v) is 6.55. The van der Waals surface area contributed by atoms with Gasteiger partial charge >= 0.3 is 0 Å². The molecule has 0 fully saturated rings. The molecule has 3 aromatic rings. The second kappa shape index (κ2) is 5.32. The molecular formula is C15H14N4O2. The van der Waals surface area contributed by atoms with Crippen molar-refractivity contribution >= 4 is 16.8 Å². The number of aryl methyl sites for hydroxylation is 1. The Morgan fingerprint density at radius 1 is 1.24 bits per heavy atom. The van der Waals surface area contributed by atoms with Gasteiger partial charge in [0.15, 0.2) is 11.4 Å². The van der Waals surface area contributed by atoms with Crippen LogP contribution in [-0.2, 0) is 6.61 Å². The molecule has 0 bridgehead atoms. The van der Waals surface area contributed by atoms with Crippen LogP contribution in [0.2, 0.25) is 0 Å². The number of carbonyl (C=O) groups excluding carboxylic acids is 1. The first-order valence-electron chi connectivity index (χ1n) is 6.55. The number of Topliss-reactive ketones (excluding diaryl/α,β-unsaturated/α-hetero) is 1. The average molecular weight is 282 g/mol. The number of aromatic nitrogens is 4. The summed E-state index contributed by atoms with van der Waals surface area (Å²) < 4.78 is 5.77. The molecule has 6 nitrogen and oxygen atoms in total. The van der Waals surface area contributed by atoms with Crippen LogP contribution >= 0.6 is 0 Å². The fraction of sp³-hybridized carbons (Fsp3) is 0.200. The van der Waals surface area contributed by atoms with Crippen molar-refractivity contribution in [1.82, 2.24) is 20.2 Å². The molecule has 2 aromatic heterocycles. The summed E-state index contributed by atoms with van der Waals surface area (Å²) in [5.74, 6) is 0.794. The van der Waals surface area contributed by atoms with Crippen LogP contribution in [0, 0.1) is 6.92 Å². The first-order chi connectivity index (χ1) is 10.1. The standard InChI is InChI=1S/C15H14N4O2/c1-9(20)13-12-14(19-18-13)16-10(2)17-15(12)21-8-11-6-4-3-5-7-11/h3-7H,8H2,1-2H3,(H,16,17,18,19). The van der Waals surface area contributed by atoms with E-state index in [9.17, 15) is 4.79 Å². The zero-order chi connectivity index (χ0) is 14.8. The van der Waals surface area contributed by atoms with Crippen LogP contribution in [-0.4, -0.2) is 25.9 Å². The van der Waals surface area contributed by atoms with Crippen LogP contribution in [0.15, 0.2) is 30.3 Å². The summed E-state index contributed by atoms with van der Waals surface area (Å²) in [7, 11) is 0. The summed E-state index contributed by atoms with van der Waals surface area (Å²) in [6, 6.07) is 9.76. The number of ketones is 1. The van der Waals surface area contributed by atoms with E-state index in [0.717, 1.165) is 5.56 Å². The van der Waals surface area contributed by atoms with Crippen molar-refractivity contribution in [3.05, 3.63) is 47.4 Å². The Kier molecular flexibility index (Phi) is 3.35. The van der Waals surface area contributed by atoms with Crippen molar-refractivity contribution in [2.45, 2.75) is 20.5 Å². The minimum Gasteiger partial charge on any atom is -0.472 e. The molecule has 0 atom stereocenters. The molecule has 106 valence electrons.